The van der Waals surface area contributed by atoms with Gasteiger partial charge in [0.25, 0.3) is 5.56 Å². The monoisotopic (exact) mass is 475 g/mol. The number of ketones is 1. The van der Waals surface area contributed by atoms with E-state index in [0.717, 1.165) is 6.42 Å². The molecule has 0 atom stereocenters. The molecule has 0 saturated heterocycles. The molecule has 0 aliphatic carbocycles. The van der Waals surface area contributed by atoms with Crippen LogP contribution in [0.4, 0.5) is 5.82 Å². The minimum absolute atomic E-state index is 0.0820. The summed E-state index contributed by atoms with van der Waals surface area (Å²) in [4.78, 5) is 39.7. The van der Waals surface area contributed by atoms with Crippen molar-refractivity contribution in [3.8, 4) is 5.69 Å². The SMILES string of the molecule is CCCN(Cc1nn2ccc(Cl)c2c(=O)n1-c1ccccc1)c1ncnc2[nH]cc(C(C)=O)c12. The molecule has 5 aromatic rings. The first kappa shape index (κ1) is 21.8. The van der Waals surface area contributed by atoms with Crippen molar-refractivity contribution in [1.29, 1.82) is 0 Å². The standard InChI is InChI=1S/C24H22ClN7O2/c1-3-10-30(23-20-17(15(2)33)12-26-22(20)27-14-28-23)13-19-29-31-11-9-18(25)21(31)24(34)32(19)16-7-5-4-6-8-16/h4-9,11-12,14H,3,10,13H2,1-2H3,(H,26,27,28). The molecule has 0 fully saturated rings. The van der Waals surface area contributed by atoms with Crippen LogP contribution in [0, 0.1) is 0 Å². The fourth-order valence-electron chi connectivity index (χ4n) is 4.18. The maximum absolute atomic E-state index is 13.5. The number of halogens is 1. The molecular formula is C24H22ClN7O2. The van der Waals surface area contributed by atoms with Crippen LogP contribution in [0.1, 0.15) is 36.5 Å². The van der Waals surface area contributed by atoms with E-state index >= 15 is 0 Å². The highest BCUT2D eigenvalue weighted by Crippen LogP contribution is 2.28. The molecule has 0 aliphatic heterocycles. The van der Waals surface area contributed by atoms with Crippen LogP contribution in [0.25, 0.3) is 22.2 Å². The maximum Gasteiger partial charge on any atom is 0.284 e. The summed E-state index contributed by atoms with van der Waals surface area (Å²) in [6.07, 6.45) is 5.61. The number of anilines is 1. The molecule has 0 amide bonds. The summed E-state index contributed by atoms with van der Waals surface area (Å²) in [6, 6.07) is 11.0. The molecule has 0 radical (unpaired) electrons. The molecule has 9 nitrogen and oxygen atoms in total. The summed E-state index contributed by atoms with van der Waals surface area (Å²) in [5.74, 6) is 1.04. The molecule has 4 heterocycles. The third-order valence-electron chi connectivity index (χ3n) is 5.67. The van der Waals surface area contributed by atoms with E-state index in [1.54, 1.807) is 23.0 Å². The molecular weight excluding hydrogens is 454 g/mol. The quantitative estimate of drug-likeness (QED) is 0.357. The fraction of sp³-hybridized carbons (Fsp3) is 0.208. The van der Waals surface area contributed by atoms with Gasteiger partial charge in [-0.1, -0.05) is 36.7 Å². The summed E-state index contributed by atoms with van der Waals surface area (Å²) in [7, 11) is 0. The Morgan fingerprint density at radius 3 is 2.71 bits per heavy atom. The first-order valence-electron chi connectivity index (χ1n) is 10.9. The van der Waals surface area contributed by atoms with Gasteiger partial charge in [-0.05, 0) is 31.5 Å². The van der Waals surface area contributed by atoms with E-state index in [2.05, 4.69) is 21.9 Å². The molecule has 172 valence electrons. The number of nitrogens with zero attached hydrogens (tertiary/aromatic N) is 6. The smallest absolute Gasteiger partial charge is 0.284 e. The number of H-pyrrole nitrogens is 1. The number of rotatable bonds is 7. The second kappa shape index (κ2) is 8.75. The first-order chi connectivity index (χ1) is 16.5. The zero-order chi connectivity index (χ0) is 23.8. The van der Waals surface area contributed by atoms with Gasteiger partial charge in [-0.2, -0.15) is 5.10 Å². The summed E-state index contributed by atoms with van der Waals surface area (Å²) in [5.41, 5.74) is 1.84. The number of aromatic nitrogens is 6. The fourth-order valence-corrected chi connectivity index (χ4v) is 4.41. The van der Waals surface area contributed by atoms with E-state index in [-0.39, 0.29) is 17.9 Å². The Morgan fingerprint density at radius 2 is 1.97 bits per heavy atom. The molecule has 1 aromatic carbocycles. The predicted molar refractivity (Wildman–Crippen MR) is 131 cm³/mol. The molecule has 5 rings (SSSR count). The maximum atomic E-state index is 13.5. The van der Waals surface area contributed by atoms with Crippen LogP contribution >= 0.6 is 11.6 Å². The Bertz CT molecular complexity index is 1570. The second-order valence-electron chi connectivity index (χ2n) is 7.95. The predicted octanol–water partition coefficient (Wildman–Crippen LogP) is 4.03. The normalized spacial score (nSPS) is 11.4. The van der Waals surface area contributed by atoms with Gasteiger partial charge >= 0.3 is 0 Å². The van der Waals surface area contributed by atoms with Gasteiger partial charge in [-0.3, -0.25) is 14.2 Å². The number of carbonyl (C=O) groups is 1. The molecule has 0 bridgehead atoms. The number of para-hydroxylation sites is 1. The Balaban J connectivity index is 1.72. The minimum atomic E-state index is -0.262. The van der Waals surface area contributed by atoms with Gasteiger partial charge in [0, 0.05) is 24.5 Å². The highest BCUT2D eigenvalue weighted by Gasteiger charge is 2.22. The van der Waals surface area contributed by atoms with Gasteiger partial charge in [-0.15, -0.1) is 0 Å². The van der Waals surface area contributed by atoms with Crippen LogP contribution in [-0.2, 0) is 6.54 Å². The van der Waals surface area contributed by atoms with Crippen molar-refractivity contribution < 1.29 is 4.79 Å². The molecule has 0 saturated carbocycles. The van der Waals surface area contributed by atoms with Crippen molar-refractivity contribution in [3.63, 3.8) is 0 Å². The van der Waals surface area contributed by atoms with E-state index in [9.17, 15) is 9.59 Å². The van der Waals surface area contributed by atoms with Crippen molar-refractivity contribution in [3.05, 3.63) is 81.9 Å². The van der Waals surface area contributed by atoms with Gasteiger partial charge < -0.3 is 9.88 Å². The van der Waals surface area contributed by atoms with Crippen molar-refractivity contribution in [2.24, 2.45) is 0 Å². The Morgan fingerprint density at radius 1 is 1.18 bits per heavy atom. The van der Waals surface area contributed by atoms with Crippen LogP contribution < -0.4 is 10.5 Å². The van der Waals surface area contributed by atoms with E-state index in [0.29, 0.717) is 51.0 Å². The number of nitrogens with one attached hydrogen (secondary N) is 1. The highest BCUT2D eigenvalue weighted by atomic mass is 35.5. The lowest BCUT2D eigenvalue weighted by Gasteiger charge is -2.25. The molecule has 10 heteroatoms. The number of hydrogen-bond acceptors (Lipinski definition) is 6. The summed E-state index contributed by atoms with van der Waals surface area (Å²) in [5, 5.41) is 5.74. The molecule has 0 aliphatic rings. The largest absolute Gasteiger partial charge is 0.348 e. The zero-order valence-electron chi connectivity index (χ0n) is 18.7. The topological polar surface area (TPSA) is 101 Å². The van der Waals surface area contributed by atoms with E-state index in [1.807, 2.05) is 35.2 Å². The van der Waals surface area contributed by atoms with Crippen LogP contribution in [-0.4, -0.2) is 41.5 Å². The summed E-state index contributed by atoms with van der Waals surface area (Å²) < 4.78 is 3.09. The van der Waals surface area contributed by atoms with Crippen LogP contribution in [0.2, 0.25) is 5.02 Å². The molecule has 0 unspecified atom stereocenters. The van der Waals surface area contributed by atoms with Gasteiger partial charge in [0.15, 0.2) is 11.6 Å². The van der Waals surface area contributed by atoms with Crippen molar-refractivity contribution in [2.75, 3.05) is 11.4 Å². The molecule has 4 aromatic heterocycles. The Kier molecular flexibility index (Phi) is 5.62. The third kappa shape index (κ3) is 3.63. The average molecular weight is 476 g/mol. The van der Waals surface area contributed by atoms with E-state index < -0.39 is 0 Å². The van der Waals surface area contributed by atoms with E-state index in [4.69, 9.17) is 16.7 Å². The molecule has 1 N–H and O–H groups in total. The van der Waals surface area contributed by atoms with Gasteiger partial charge in [0.1, 0.15) is 23.3 Å². The number of hydrogen-bond donors (Lipinski definition) is 1. The van der Waals surface area contributed by atoms with Crippen LogP contribution in [0.3, 0.4) is 0 Å². The third-order valence-corrected chi connectivity index (χ3v) is 5.98. The lowest BCUT2D eigenvalue weighted by Crippen LogP contribution is -2.32. The van der Waals surface area contributed by atoms with Crippen molar-refractivity contribution >= 4 is 39.8 Å². The van der Waals surface area contributed by atoms with Crippen LogP contribution in [0.5, 0.6) is 0 Å². The summed E-state index contributed by atoms with van der Waals surface area (Å²) >= 11 is 6.30. The van der Waals surface area contributed by atoms with Crippen molar-refractivity contribution in [1.82, 2.24) is 29.1 Å². The van der Waals surface area contributed by atoms with Gasteiger partial charge in [0.05, 0.1) is 22.6 Å². The number of aromatic amines is 1. The lowest BCUT2D eigenvalue weighted by atomic mass is 10.1. The van der Waals surface area contributed by atoms with E-state index in [1.165, 1.54) is 17.8 Å². The average Bonchev–Trinajstić information content (AvgIpc) is 3.43. The minimum Gasteiger partial charge on any atom is -0.348 e. The highest BCUT2D eigenvalue weighted by molar-refractivity contribution is 6.33. The number of fused-ring (bicyclic) bond motifs is 2. The first-order valence-corrected chi connectivity index (χ1v) is 11.3. The molecule has 34 heavy (non-hydrogen) atoms. The summed E-state index contributed by atoms with van der Waals surface area (Å²) in [6.45, 7) is 4.48. The van der Waals surface area contributed by atoms with Gasteiger partial charge in [-0.25, -0.2) is 14.5 Å². The number of benzene rings is 1. The Labute approximate surface area is 199 Å². The van der Waals surface area contributed by atoms with Gasteiger partial charge in [0.2, 0.25) is 0 Å². The Hall–Kier alpha value is -3.98. The number of carbonyl (C=O) groups excluding carboxylic acids is 1. The van der Waals surface area contributed by atoms with Crippen molar-refractivity contribution in [2.45, 2.75) is 26.8 Å². The zero-order valence-corrected chi connectivity index (χ0v) is 19.5. The lowest BCUT2D eigenvalue weighted by molar-refractivity contribution is 0.101. The second-order valence-corrected chi connectivity index (χ2v) is 8.36. The van der Waals surface area contributed by atoms with Crippen LogP contribution in [0.15, 0.2) is 59.9 Å². The molecule has 0 spiro atoms. The number of Topliss-reactive ketones (excluding diaryl/α,β-unsaturated/α-hetero) is 1.